The molecule has 10 aromatic carbocycles. The number of nitrogens with two attached hydrogens (primary N) is 1. The van der Waals surface area contributed by atoms with Gasteiger partial charge in [-0.05, 0) is 295 Å². The van der Waals surface area contributed by atoms with Crippen molar-refractivity contribution in [2.75, 3.05) is 14.2 Å². The first-order valence-electron chi connectivity index (χ1n) is 47.9. The first-order chi connectivity index (χ1) is 67.1. The fraction of sp³-hybridized carbons (Fsp3) is 0.273. The lowest BCUT2D eigenvalue weighted by molar-refractivity contribution is -0.905. The lowest BCUT2D eigenvalue weighted by atomic mass is 10.1. The summed E-state index contributed by atoms with van der Waals surface area (Å²) in [7, 11) is 3.37. The zero-order valence-electron chi connectivity index (χ0n) is 84.6. The lowest BCUT2D eigenvalue weighted by Crippen LogP contribution is -2.28. The summed E-state index contributed by atoms with van der Waals surface area (Å²) in [5.74, 6) is 1.56. The predicted molar refractivity (Wildman–Crippen MR) is 569 cm³/mol. The third-order valence-electron chi connectivity index (χ3n) is 20.4. The molecule has 17 heteroatoms. The number of methoxy groups -OCH3 is 2. The minimum Gasteiger partial charge on any atom is -0.508 e. The summed E-state index contributed by atoms with van der Waals surface area (Å²) in [4.78, 5) is 38.3. The molecule has 0 aliphatic heterocycles. The molecule has 16 rings (SSSR count). The summed E-state index contributed by atoms with van der Waals surface area (Å²) < 4.78 is 35.7. The molecule has 0 aliphatic rings. The minimum absolute atomic E-state index is 0.144. The molecule has 0 aliphatic carbocycles. The van der Waals surface area contributed by atoms with E-state index in [4.69, 9.17) is 30.8 Å². The van der Waals surface area contributed by atoms with Crippen LogP contribution in [0.5, 0.6) is 17.2 Å². The van der Waals surface area contributed by atoms with Gasteiger partial charge in [0.2, 0.25) is 18.3 Å². The number of pyridine rings is 4. The number of carbonyl (C=O) groups excluding carboxylic acids is 1. The first kappa shape index (κ1) is 119. The third-order valence-corrected chi connectivity index (χ3v) is 20.4. The predicted octanol–water partition coefficient (Wildman–Crippen LogP) is 28.5. The number of primary amides is 1. The highest BCUT2D eigenvalue weighted by molar-refractivity contribution is 5.92. The SMILES string of the molecule is CCCc1ccccc1.CCc1ccc(F)cc1.CCc1ccc(OC)cc1.CCc1ccc2ccccc2c1.CCc1ccc[n+](O)c1.CCc1cccc(C#N)c1.CCc1cccc(C(N)=O)c1.CCc1cccc(F)c1.CCc1cccc(O)c1.CCc1cccc(OC)c1.CCc1ccccn1.CCc1cccnc1.CCc1ccncc1.CCc1cnccn1.CCc1cncnc1. The standard InChI is InChI=1S/C12H12.C9H11NO.C9H9N.2C9H12O.C9H12.2C8H9F.C8H10O.C7H10NO.3C7H9N.2C6H8N2/c1-2-10-7-8-11-5-3-4-6-12(11)9-10;1-2-7-4-3-5-8(6-7)9(10)11;1-2-8-4-3-5-9(6-8)7-10;1-3-8-4-6-9(10-2)7-5-8;1-3-8-5-4-6-9(7-8)10-2;1-2-6-9-7-4-3-5-8-9;1-2-7-3-5-8(9)6-4-7;3*1-2-7-4-3-5-8(9)6-7;1-2-7-3-5-8-6-4-7;1-2-7-4-3-5-8-6-7;1-2-7-5-3-4-6-8-7;1-2-6-3-7-5-8-4-6;1-2-6-5-7-3-4-8-6/h3-9H,2H2,1H3;3-6H,2H2,1H3,(H2,10,11);3-6H,2H2,1H3;2*4-7H,3H2,1-2H3;3-5,7-8H,2,6H2,1H3;2*3-6H,2H2,1H3;2*3-6,9H,2H2,1H3;3*3-6H,2H2,1H3;2*3-5H,2H2,1H3/q;;;;;;;;;+1;;;;;. The third kappa shape index (κ3) is 57.7. The number of halogens is 2. The Hall–Kier alpha value is -14.8. The average molecular weight is 1860 g/mol. The number of aromatic hydroxyl groups is 1. The summed E-state index contributed by atoms with van der Waals surface area (Å²) >= 11 is 0. The first-order valence-corrected chi connectivity index (χ1v) is 47.9. The van der Waals surface area contributed by atoms with Gasteiger partial charge >= 0.3 is 0 Å². The average Bonchev–Trinajstić information content (AvgIpc) is 0.845. The molecule has 1 amide bonds. The fourth-order valence-corrected chi connectivity index (χ4v) is 11.8. The second-order valence-corrected chi connectivity index (χ2v) is 30.4. The zero-order valence-corrected chi connectivity index (χ0v) is 84.6. The number of hydrogen-bond donors (Lipinski definition) is 3. The molecule has 0 bridgehead atoms. The largest absolute Gasteiger partial charge is 0.508 e. The summed E-state index contributed by atoms with van der Waals surface area (Å²) in [6, 6.07) is 97.5. The van der Waals surface area contributed by atoms with Crippen LogP contribution in [0.2, 0.25) is 0 Å². The van der Waals surface area contributed by atoms with Gasteiger partial charge in [0.05, 0.1) is 31.5 Å². The maximum atomic E-state index is 12.4. The molecule has 16 aromatic rings. The van der Waals surface area contributed by atoms with Crippen LogP contribution in [0, 0.1) is 23.0 Å². The summed E-state index contributed by atoms with van der Waals surface area (Å²) in [5.41, 5.74) is 24.9. The molecule has 0 saturated carbocycles. The molecular formula is C121H149F2N10O5+. The van der Waals surface area contributed by atoms with Crippen LogP contribution in [-0.2, 0) is 96.3 Å². The van der Waals surface area contributed by atoms with E-state index < -0.39 is 0 Å². The molecule has 138 heavy (non-hydrogen) atoms. The van der Waals surface area contributed by atoms with Crippen LogP contribution in [0.25, 0.3) is 10.8 Å². The molecule has 0 saturated heterocycles. The number of aromatic nitrogens is 8. The van der Waals surface area contributed by atoms with Gasteiger partial charge in [-0.15, -0.1) is 0 Å². The quantitative estimate of drug-likeness (QED) is 0.0507. The highest BCUT2D eigenvalue weighted by Gasteiger charge is 2.02. The van der Waals surface area contributed by atoms with Gasteiger partial charge in [-0.3, -0.25) is 34.9 Å². The van der Waals surface area contributed by atoms with Gasteiger partial charge in [0.1, 0.15) is 35.2 Å². The number of benzene rings is 10. The van der Waals surface area contributed by atoms with Gasteiger partial charge in [0.15, 0.2) is 0 Å². The van der Waals surface area contributed by atoms with E-state index in [2.05, 4.69) is 227 Å². The Morgan fingerprint density at radius 2 is 0.804 bits per heavy atom. The minimum atomic E-state index is -0.361. The van der Waals surface area contributed by atoms with Crippen molar-refractivity contribution in [3.05, 3.63) is 484 Å². The smallest absolute Gasteiger partial charge is 0.248 e. The van der Waals surface area contributed by atoms with Crippen molar-refractivity contribution >= 4 is 16.7 Å². The van der Waals surface area contributed by atoms with Crippen molar-refractivity contribution in [1.29, 1.82) is 5.26 Å². The summed E-state index contributed by atoms with van der Waals surface area (Å²) in [5, 5.41) is 29.0. The molecular weight excluding hydrogens is 1710 g/mol. The maximum Gasteiger partial charge on any atom is 0.248 e. The highest BCUT2D eigenvalue weighted by Crippen LogP contribution is 2.18. The topological polar surface area (TPSA) is 220 Å². The molecule has 0 unspecified atom stereocenters. The van der Waals surface area contributed by atoms with Crippen molar-refractivity contribution in [2.24, 2.45) is 5.73 Å². The van der Waals surface area contributed by atoms with Gasteiger partial charge < -0.3 is 20.3 Å². The fourth-order valence-electron chi connectivity index (χ4n) is 11.8. The van der Waals surface area contributed by atoms with E-state index in [1.54, 1.807) is 100 Å². The van der Waals surface area contributed by atoms with Gasteiger partial charge in [-0.25, -0.2) is 18.7 Å². The number of hydrogen-bond acceptors (Lipinski definition) is 13. The number of aryl methyl sites for hydroxylation is 15. The van der Waals surface area contributed by atoms with Crippen molar-refractivity contribution in [3.63, 3.8) is 0 Å². The number of rotatable bonds is 19. The van der Waals surface area contributed by atoms with Gasteiger partial charge in [-0.1, -0.05) is 280 Å². The number of nitrogens with zero attached hydrogens (tertiary/aromatic N) is 9. The number of nitriles is 1. The second-order valence-electron chi connectivity index (χ2n) is 30.4. The van der Waals surface area contributed by atoms with Crippen LogP contribution >= 0.6 is 0 Å². The molecule has 726 valence electrons. The zero-order chi connectivity index (χ0) is 101. The van der Waals surface area contributed by atoms with Crippen LogP contribution in [0.15, 0.2) is 378 Å². The van der Waals surface area contributed by atoms with Crippen molar-refractivity contribution in [3.8, 4) is 23.3 Å². The normalized spacial score (nSPS) is 9.41. The number of ether oxygens (including phenoxy) is 2. The van der Waals surface area contributed by atoms with E-state index in [0.717, 1.165) is 140 Å². The van der Waals surface area contributed by atoms with E-state index in [1.165, 1.54) is 97.4 Å². The lowest BCUT2D eigenvalue weighted by Gasteiger charge is -2.00. The number of amides is 1. The van der Waals surface area contributed by atoms with Crippen LogP contribution in [-0.4, -0.2) is 65.3 Å². The van der Waals surface area contributed by atoms with Crippen molar-refractivity contribution < 1.29 is 38.1 Å². The van der Waals surface area contributed by atoms with Crippen molar-refractivity contribution in [2.45, 2.75) is 207 Å². The second kappa shape index (κ2) is 78.6. The van der Waals surface area contributed by atoms with Gasteiger partial charge in [0, 0.05) is 89.6 Å². The Kier molecular flexibility index (Phi) is 67.9. The molecule has 15 nitrogen and oxygen atoms in total. The summed E-state index contributed by atoms with van der Waals surface area (Å²) in [6.07, 6.45) is 39.4. The van der Waals surface area contributed by atoms with Gasteiger partial charge in [-0.2, -0.15) is 5.26 Å². The Labute approximate surface area is 824 Å². The van der Waals surface area contributed by atoms with E-state index in [1.807, 2.05) is 191 Å². The molecule has 0 radical (unpaired) electrons. The Morgan fingerprint density at radius 1 is 0.341 bits per heavy atom. The van der Waals surface area contributed by atoms with Crippen LogP contribution < -0.4 is 19.9 Å². The Bertz CT molecular complexity index is 5350. The Balaban J connectivity index is 0.000000501. The molecule has 0 atom stereocenters. The maximum absolute atomic E-state index is 12.4. The van der Waals surface area contributed by atoms with Crippen LogP contribution in [0.1, 0.15) is 210 Å². The molecule has 4 N–H and O–H groups in total. The number of fused-ring (bicyclic) bond motifs is 1. The number of carbonyl (C=O) groups is 1. The van der Waals surface area contributed by atoms with E-state index in [9.17, 15) is 13.6 Å². The van der Waals surface area contributed by atoms with E-state index in [0.29, 0.717) is 11.3 Å². The van der Waals surface area contributed by atoms with Crippen LogP contribution in [0.3, 0.4) is 0 Å². The highest BCUT2D eigenvalue weighted by atomic mass is 19.1. The van der Waals surface area contributed by atoms with Gasteiger partial charge in [0.25, 0.3) is 0 Å². The monoisotopic (exact) mass is 1860 g/mol. The van der Waals surface area contributed by atoms with E-state index in [-0.39, 0.29) is 17.5 Å². The summed E-state index contributed by atoms with van der Waals surface area (Å²) in [6.45, 7) is 31.5. The molecule has 6 heterocycles. The van der Waals surface area contributed by atoms with Crippen LogP contribution in [0.4, 0.5) is 8.78 Å². The molecule has 6 aromatic heterocycles. The number of phenolic OH excluding ortho intramolecular Hbond substituents is 1. The van der Waals surface area contributed by atoms with E-state index >= 15 is 0 Å². The molecule has 0 spiro atoms. The molecule has 0 fully saturated rings. The number of phenols is 1. The van der Waals surface area contributed by atoms with Crippen molar-refractivity contribution in [1.82, 2.24) is 34.9 Å². The Morgan fingerprint density at radius 3 is 1.25 bits per heavy atom.